The van der Waals surface area contributed by atoms with Gasteiger partial charge < -0.3 is 15.4 Å². The third-order valence-corrected chi connectivity index (χ3v) is 5.09. The number of anilines is 2. The molecule has 128 valence electrons. The van der Waals surface area contributed by atoms with Crippen LogP contribution in [0.25, 0.3) is 22.0 Å². The molecule has 1 aliphatic rings. The Morgan fingerprint density at radius 3 is 2.68 bits per heavy atom. The molecule has 25 heavy (non-hydrogen) atoms. The van der Waals surface area contributed by atoms with Crippen molar-refractivity contribution in [1.29, 1.82) is 0 Å². The topological polar surface area (TPSA) is 51.4 Å². The number of morpholine rings is 1. The number of nitrogen functional groups attached to an aromatic ring is 1. The van der Waals surface area contributed by atoms with Crippen LogP contribution in [0.1, 0.15) is 5.56 Å². The summed E-state index contributed by atoms with van der Waals surface area (Å²) in [5, 5.41) is 1.09. The van der Waals surface area contributed by atoms with Gasteiger partial charge in [0.05, 0.1) is 24.4 Å². The lowest BCUT2D eigenvalue weighted by Gasteiger charge is -2.29. The van der Waals surface area contributed by atoms with Gasteiger partial charge in [-0.1, -0.05) is 18.2 Å². The molecule has 0 bridgehead atoms. The minimum atomic E-state index is 0.577. The number of aromatic nitrogens is 1. The average molecular weight is 351 g/mol. The molecule has 1 aromatic heterocycles. The van der Waals surface area contributed by atoms with E-state index >= 15 is 0 Å². The maximum absolute atomic E-state index is 6.21. The summed E-state index contributed by atoms with van der Waals surface area (Å²) in [7, 11) is 0. The fourth-order valence-electron chi connectivity index (χ4n) is 3.42. The molecule has 5 heteroatoms. The summed E-state index contributed by atoms with van der Waals surface area (Å²) >= 11 is 4.64. The maximum Gasteiger partial charge on any atom is 0.147 e. The largest absolute Gasteiger partial charge is 0.382 e. The Balaban J connectivity index is 1.83. The first-order valence-corrected chi connectivity index (χ1v) is 8.90. The molecule has 2 N–H and O–H groups in total. The number of aryl methyl sites for hydroxylation is 1. The summed E-state index contributed by atoms with van der Waals surface area (Å²) in [4.78, 5) is 7.83. The minimum Gasteiger partial charge on any atom is -0.382 e. The van der Waals surface area contributed by atoms with Crippen LogP contribution >= 0.6 is 12.6 Å². The number of ether oxygens (including phenoxy) is 1. The summed E-state index contributed by atoms with van der Waals surface area (Å²) in [5.41, 5.74) is 11.6. The Bertz CT molecular complexity index is 915. The molecule has 4 rings (SSSR count). The fourth-order valence-corrected chi connectivity index (χ4v) is 3.81. The molecule has 0 aliphatic carbocycles. The summed E-state index contributed by atoms with van der Waals surface area (Å²) in [6, 6.07) is 14.6. The fraction of sp³-hybridized carbons (Fsp3) is 0.250. The third kappa shape index (κ3) is 3.05. The average Bonchev–Trinajstić information content (AvgIpc) is 2.62. The first-order chi connectivity index (χ1) is 12.1. The number of rotatable bonds is 2. The highest BCUT2D eigenvalue weighted by molar-refractivity contribution is 7.80. The van der Waals surface area contributed by atoms with Gasteiger partial charge in [0.15, 0.2) is 0 Å². The second-order valence-electron chi connectivity index (χ2n) is 6.37. The highest BCUT2D eigenvalue weighted by atomic mass is 32.1. The zero-order chi connectivity index (χ0) is 17.4. The van der Waals surface area contributed by atoms with Crippen LogP contribution in [0.3, 0.4) is 0 Å². The van der Waals surface area contributed by atoms with Crippen molar-refractivity contribution in [3.05, 3.63) is 48.0 Å². The molecule has 4 nitrogen and oxygen atoms in total. The first kappa shape index (κ1) is 16.2. The Kier molecular flexibility index (Phi) is 4.27. The van der Waals surface area contributed by atoms with Crippen molar-refractivity contribution in [3.8, 4) is 11.1 Å². The van der Waals surface area contributed by atoms with E-state index in [1.54, 1.807) is 0 Å². The molecule has 0 saturated carbocycles. The number of pyridine rings is 1. The highest BCUT2D eigenvalue weighted by Crippen LogP contribution is 2.34. The number of nitrogens with two attached hydrogens (primary N) is 1. The summed E-state index contributed by atoms with van der Waals surface area (Å²) in [6.07, 6.45) is 0. The Morgan fingerprint density at radius 2 is 1.92 bits per heavy atom. The lowest BCUT2D eigenvalue weighted by molar-refractivity contribution is 0.123. The molecular formula is C20H21N3OS. The van der Waals surface area contributed by atoms with E-state index in [2.05, 4.69) is 53.7 Å². The van der Waals surface area contributed by atoms with Gasteiger partial charge in [0.2, 0.25) is 0 Å². The number of hydrogen-bond acceptors (Lipinski definition) is 5. The normalized spacial score (nSPS) is 14.9. The van der Waals surface area contributed by atoms with Crippen LogP contribution in [0.15, 0.2) is 47.4 Å². The van der Waals surface area contributed by atoms with Crippen molar-refractivity contribution in [3.63, 3.8) is 0 Å². The van der Waals surface area contributed by atoms with Crippen LogP contribution in [-0.4, -0.2) is 31.3 Å². The van der Waals surface area contributed by atoms with E-state index in [-0.39, 0.29) is 0 Å². The quantitative estimate of drug-likeness (QED) is 0.687. The lowest BCUT2D eigenvalue weighted by Crippen LogP contribution is -2.36. The van der Waals surface area contributed by atoms with Crippen molar-refractivity contribution in [1.82, 2.24) is 4.98 Å². The molecule has 0 amide bonds. The number of thiol groups is 1. The number of hydrogen-bond donors (Lipinski definition) is 2. The van der Waals surface area contributed by atoms with Crippen molar-refractivity contribution < 1.29 is 4.74 Å². The Morgan fingerprint density at radius 1 is 1.12 bits per heavy atom. The molecule has 0 spiro atoms. The third-order valence-electron chi connectivity index (χ3n) is 4.71. The Labute approximate surface area is 153 Å². The van der Waals surface area contributed by atoms with Gasteiger partial charge in [-0.05, 0) is 47.9 Å². The summed E-state index contributed by atoms with van der Waals surface area (Å²) in [6.45, 7) is 5.25. The van der Waals surface area contributed by atoms with Crippen LogP contribution in [0.5, 0.6) is 0 Å². The van der Waals surface area contributed by atoms with Gasteiger partial charge >= 0.3 is 0 Å². The molecule has 0 unspecified atom stereocenters. The number of fused-ring (bicyclic) bond motifs is 1. The zero-order valence-electron chi connectivity index (χ0n) is 14.2. The van der Waals surface area contributed by atoms with Crippen LogP contribution < -0.4 is 10.6 Å². The maximum atomic E-state index is 6.21. The van der Waals surface area contributed by atoms with E-state index in [4.69, 9.17) is 10.5 Å². The van der Waals surface area contributed by atoms with Crippen LogP contribution in [-0.2, 0) is 4.74 Å². The molecule has 0 radical (unpaired) electrons. The second kappa shape index (κ2) is 6.58. The number of nitrogens with zero attached hydrogens (tertiary/aromatic N) is 2. The molecule has 1 saturated heterocycles. The molecule has 0 atom stereocenters. The second-order valence-corrected chi connectivity index (χ2v) is 6.85. The van der Waals surface area contributed by atoms with Crippen molar-refractivity contribution in [2.24, 2.45) is 0 Å². The zero-order valence-corrected chi connectivity index (χ0v) is 15.1. The minimum absolute atomic E-state index is 0.577. The monoisotopic (exact) mass is 351 g/mol. The van der Waals surface area contributed by atoms with Crippen LogP contribution in [0.4, 0.5) is 11.5 Å². The molecule has 2 aromatic carbocycles. The number of benzene rings is 2. The highest BCUT2D eigenvalue weighted by Gasteiger charge is 2.16. The van der Waals surface area contributed by atoms with E-state index < -0.39 is 0 Å². The van der Waals surface area contributed by atoms with Gasteiger partial charge in [-0.3, -0.25) is 0 Å². The van der Waals surface area contributed by atoms with Crippen LogP contribution in [0, 0.1) is 6.92 Å². The first-order valence-electron chi connectivity index (χ1n) is 8.45. The van der Waals surface area contributed by atoms with Gasteiger partial charge in [0.1, 0.15) is 5.82 Å². The Hall–Kier alpha value is -2.24. The predicted molar refractivity (Wildman–Crippen MR) is 107 cm³/mol. The van der Waals surface area contributed by atoms with Gasteiger partial charge in [-0.15, -0.1) is 12.6 Å². The van der Waals surface area contributed by atoms with Gasteiger partial charge in [-0.25, -0.2) is 4.98 Å². The van der Waals surface area contributed by atoms with Gasteiger partial charge in [-0.2, -0.15) is 0 Å². The molecule has 3 aromatic rings. The summed E-state index contributed by atoms with van der Waals surface area (Å²) < 4.78 is 5.44. The van der Waals surface area contributed by atoms with Crippen molar-refractivity contribution >= 4 is 35.0 Å². The standard InChI is InChI=1S/C20H21N3OS/c1-13-3-2-4-18(25)19(13)14-5-6-16-15(11-14)12-17(20(21)22-16)23-7-9-24-10-8-23/h2-6,11-12,25H,7-10H2,1H3,(H2,21,22). The molecule has 2 heterocycles. The van der Waals surface area contributed by atoms with E-state index in [9.17, 15) is 0 Å². The summed E-state index contributed by atoms with van der Waals surface area (Å²) in [5.74, 6) is 0.577. The molecular weight excluding hydrogens is 330 g/mol. The molecule has 1 fully saturated rings. The lowest BCUT2D eigenvalue weighted by atomic mass is 9.98. The van der Waals surface area contributed by atoms with Crippen LogP contribution in [0.2, 0.25) is 0 Å². The SMILES string of the molecule is Cc1cccc(S)c1-c1ccc2nc(N)c(N3CCOCC3)cc2c1. The van der Waals surface area contributed by atoms with E-state index in [0.717, 1.165) is 58.9 Å². The van der Waals surface area contributed by atoms with Gasteiger partial charge in [0, 0.05) is 23.4 Å². The van der Waals surface area contributed by atoms with Crippen molar-refractivity contribution in [2.75, 3.05) is 36.9 Å². The van der Waals surface area contributed by atoms with E-state index in [1.807, 2.05) is 18.2 Å². The van der Waals surface area contributed by atoms with Crippen molar-refractivity contribution in [2.45, 2.75) is 11.8 Å². The predicted octanol–water partition coefficient (Wildman–Crippen LogP) is 3.92. The van der Waals surface area contributed by atoms with Gasteiger partial charge in [0.25, 0.3) is 0 Å². The van der Waals surface area contributed by atoms with E-state index in [0.29, 0.717) is 5.82 Å². The van der Waals surface area contributed by atoms with E-state index in [1.165, 1.54) is 5.56 Å². The smallest absolute Gasteiger partial charge is 0.147 e. The molecule has 1 aliphatic heterocycles.